The third-order valence-electron chi connectivity index (χ3n) is 6.66. The van der Waals surface area contributed by atoms with Crippen LogP contribution in [0.2, 0.25) is 0 Å². The summed E-state index contributed by atoms with van der Waals surface area (Å²) in [5, 5.41) is 11.8. The zero-order valence-corrected chi connectivity index (χ0v) is 22.0. The van der Waals surface area contributed by atoms with Crippen LogP contribution < -0.4 is 14.4 Å². The van der Waals surface area contributed by atoms with Gasteiger partial charge in [0.15, 0.2) is 16.6 Å². The fraction of sp³-hybridized carbons (Fsp3) is 0.207. The Morgan fingerprint density at radius 3 is 2.38 bits per heavy atom. The Labute approximate surface area is 218 Å². The van der Waals surface area contributed by atoms with Crippen LogP contribution >= 0.6 is 11.3 Å². The van der Waals surface area contributed by atoms with Gasteiger partial charge in [-0.05, 0) is 67.8 Å². The normalized spacial score (nSPS) is 17.0. The maximum absolute atomic E-state index is 13.5. The van der Waals surface area contributed by atoms with E-state index in [0.29, 0.717) is 27.8 Å². The summed E-state index contributed by atoms with van der Waals surface area (Å²) < 4.78 is 11.6. The number of aliphatic hydroxyl groups is 1. The molecule has 1 aliphatic heterocycles. The van der Waals surface area contributed by atoms with Gasteiger partial charge in [0.05, 0.1) is 36.1 Å². The summed E-state index contributed by atoms with van der Waals surface area (Å²) in [6, 6.07) is 15.6. The number of benzene rings is 3. The summed E-state index contributed by atoms with van der Waals surface area (Å²) in [6.07, 6.45) is 0. The summed E-state index contributed by atoms with van der Waals surface area (Å²) in [6.45, 7) is 5.97. The number of carbonyl (C=O) groups excluding carboxylic acids is 2. The van der Waals surface area contributed by atoms with E-state index in [0.717, 1.165) is 26.9 Å². The van der Waals surface area contributed by atoms with E-state index in [-0.39, 0.29) is 11.3 Å². The lowest BCUT2D eigenvalue weighted by atomic mass is 9.94. The molecule has 1 saturated heterocycles. The van der Waals surface area contributed by atoms with Gasteiger partial charge in [0.25, 0.3) is 5.78 Å². The highest BCUT2D eigenvalue weighted by atomic mass is 32.1. The summed E-state index contributed by atoms with van der Waals surface area (Å²) >= 11 is 1.35. The highest BCUT2D eigenvalue weighted by Crippen LogP contribution is 2.45. The number of fused-ring (bicyclic) bond motifs is 1. The van der Waals surface area contributed by atoms with Crippen LogP contribution in [0.4, 0.5) is 5.13 Å². The average molecular weight is 515 g/mol. The van der Waals surface area contributed by atoms with Crippen LogP contribution in [0.25, 0.3) is 16.0 Å². The maximum Gasteiger partial charge on any atom is 0.301 e. The number of aromatic nitrogens is 1. The number of thiazole rings is 1. The molecule has 1 unspecified atom stereocenters. The third-order valence-corrected chi connectivity index (χ3v) is 7.68. The topological polar surface area (TPSA) is 89.0 Å². The first-order chi connectivity index (χ1) is 17.7. The van der Waals surface area contributed by atoms with Gasteiger partial charge < -0.3 is 14.6 Å². The highest BCUT2D eigenvalue weighted by Gasteiger charge is 2.48. The van der Waals surface area contributed by atoms with E-state index < -0.39 is 17.7 Å². The Balaban J connectivity index is 1.73. The van der Waals surface area contributed by atoms with Gasteiger partial charge in [-0.1, -0.05) is 41.2 Å². The maximum atomic E-state index is 13.5. The quantitative estimate of drug-likeness (QED) is 0.204. The average Bonchev–Trinajstić information content (AvgIpc) is 3.40. The lowest BCUT2D eigenvalue weighted by Gasteiger charge is -2.23. The number of rotatable bonds is 5. The van der Waals surface area contributed by atoms with Gasteiger partial charge in [0.1, 0.15) is 5.76 Å². The first-order valence-electron chi connectivity index (χ1n) is 11.7. The summed E-state index contributed by atoms with van der Waals surface area (Å²) in [5.74, 6) is -0.924. The standard InChI is InChI=1S/C29H26N2O5S/c1-15-7-6-8-18(11-15)25-24(26(32)19-9-10-21(35-4)22(14-19)36-5)27(33)28(34)31(25)29-30-20-12-16(2)17(3)13-23(20)37-29/h6-14,25,32H,1-5H3/b26-24+. The molecular weight excluding hydrogens is 488 g/mol. The predicted octanol–water partition coefficient (Wildman–Crippen LogP) is 5.87. The Morgan fingerprint density at radius 2 is 1.68 bits per heavy atom. The Bertz CT molecular complexity index is 1560. The van der Waals surface area contributed by atoms with Crippen molar-refractivity contribution < 1.29 is 24.2 Å². The van der Waals surface area contributed by atoms with E-state index in [4.69, 9.17) is 14.5 Å². The number of carbonyl (C=O) groups is 2. The van der Waals surface area contributed by atoms with Gasteiger partial charge in [-0.15, -0.1) is 0 Å². The molecule has 8 heteroatoms. The van der Waals surface area contributed by atoms with Crippen LogP contribution in [0, 0.1) is 20.8 Å². The van der Waals surface area contributed by atoms with Crippen molar-refractivity contribution >= 4 is 44.1 Å². The largest absolute Gasteiger partial charge is 0.507 e. The van der Waals surface area contributed by atoms with Gasteiger partial charge >= 0.3 is 5.91 Å². The van der Waals surface area contributed by atoms with Crippen molar-refractivity contribution in [3.8, 4) is 11.5 Å². The van der Waals surface area contributed by atoms with E-state index >= 15 is 0 Å². The molecule has 1 N–H and O–H groups in total. The summed E-state index contributed by atoms with van der Waals surface area (Å²) in [4.78, 5) is 33.1. The number of ether oxygens (including phenoxy) is 2. The monoisotopic (exact) mass is 514 g/mol. The minimum Gasteiger partial charge on any atom is -0.507 e. The Hall–Kier alpha value is -4.17. The Kier molecular flexibility index (Phi) is 6.21. The molecule has 1 fully saturated rings. The van der Waals surface area contributed by atoms with E-state index in [1.54, 1.807) is 18.2 Å². The number of aliphatic hydroxyl groups excluding tert-OH is 1. The highest BCUT2D eigenvalue weighted by molar-refractivity contribution is 7.22. The fourth-order valence-electron chi connectivity index (χ4n) is 4.60. The van der Waals surface area contributed by atoms with E-state index in [9.17, 15) is 14.7 Å². The molecule has 0 saturated carbocycles. The number of Topliss-reactive ketones (excluding diaryl/α,β-unsaturated/α-hetero) is 1. The van der Waals surface area contributed by atoms with Gasteiger partial charge in [-0.2, -0.15) is 0 Å². The van der Waals surface area contributed by atoms with Crippen LogP contribution in [0.1, 0.15) is 33.9 Å². The molecule has 3 aromatic carbocycles. The molecule has 0 bridgehead atoms. The summed E-state index contributed by atoms with van der Waals surface area (Å²) in [7, 11) is 3.01. The van der Waals surface area contributed by atoms with Crippen LogP contribution in [-0.2, 0) is 9.59 Å². The van der Waals surface area contributed by atoms with Crippen molar-refractivity contribution in [3.63, 3.8) is 0 Å². The number of hydrogen-bond donors (Lipinski definition) is 1. The van der Waals surface area contributed by atoms with Crippen molar-refractivity contribution in [2.75, 3.05) is 19.1 Å². The lowest BCUT2D eigenvalue weighted by Crippen LogP contribution is -2.29. The molecule has 1 atom stereocenters. The molecule has 1 amide bonds. The molecule has 0 radical (unpaired) electrons. The second-order valence-electron chi connectivity index (χ2n) is 9.05. The number of amides is 1. The molecular formula is C29H26N2O5S. The van der Waals surface area contributed by atoms with Gasteiger partial charge in [-0.3, -0.25) is 14.5 Å². The molecule has 0 aliphatic carbocycles. The van der Waals surface area contributed by atoms with E-state index in [1.165, 1.54) is 30.5 Å². The molecule has 2 heterocycles. The number of nitrogens with zero attached hydrogens (tertiary/aromatic N) is 2. The molecule has 0 spiro atoms. The molecule has 1 aliphatic rings. The molecule has 188 valence electrons. The van der Waals surface area contributed by atoms with Crippen molar-refractivity contribution in [3.05, 3.63) is 88.0 Å². The fourth-order valence-corrected chi connectivity index (χ4v) is 5.67. The van der Waals surface area contributed by atoms with Gasteiger partial charge in [-0.25, -0.2) is 4.98 Å². The van der Waals surface area contributed by atoms with Gasteiger partial charge in [0.2, 0.25) is 0 Å². The second kappa shape index (κ2) is 9.37. The molecule has 1 aromatic heterocycles. The second-order valence-corrected chi connectivity index (χ2v) is 10.1. The number of ketones is 1. The minimum absolute atomic E-state index is 0.00515. The summed E-state index contributed by atoms with van der Waals surface area (Å²) in [5.41, 5.74) is 4.97. The minimum atomic E-state index is -0.851. The Morgan fingerprint density at radius 1 is 0.946 bits per heavy atom. The third kappa shape index (κ3) is 4.13. The molecule has 7 nitrogen and oxygen atoms in total. The van der Waals surface area contributed by atoms with E-state index in [2.05, 4.69) is 0 Å². The SMILES string of the molecule is COc1ccc(/C(O)=C2\C(=O)C(=O)N(c3nc4cc(C)c(C)cc4s3)C2c2cccc(C)c2)cc1OC. The number of methoxy groups -OCH3 is 2. The smallest absolute Gasteiger partial charge is 0.301 e. The molecule has 37 heavy (non-hydrogen) atoms. The number of hydrogen-bond acceptors (Lipinski definition) is 7. The van der Waals surface area contributed by atoms with E-state index in [1.807, 2.05) is 57.2 Å². The van der Waals surface area contributed by atoms with Crippen LogP contribution in [0.15, 0.2) is 60.2 Å². The lowest BCUT2D eigenvalue weighted by molar-refractivity contribution is -0.132. The van der Waals surface area contributed by atoms with Crippen molar-refractivity contribution in [1.29, 1.82) is 0 Å². The number of aryl methyl sites for hydroxylation is 3. The predicted molar refractivity (Wildman–Crippen MR) is 145 cm³/mol. The molecule has 4 aromatic rings. The zero-order chi connectivity index (χ0) is 26.4. The van der Waals surface area contributed by atoms with Crippen molar-refractivity contribution in [1.82, 2.24) is 4.98 Å². The van der Waals surface area contributed by atoms with Crippen LogP contribution in [0.5, 0.6) is 11.5 Å². The van der Waals surface area contributed by atoms with Crippen molar-refractivity contribution in [2.45, 2.75) is 26.8 Å². The number of anilines is 1. The van der Waals surface area contributed by atoms with Gasteiger partial charge in [0, 0.05) is 5.56 Å². The van der Waals surface area contributed by atoms with Crippen LogP contribution in [0.3, 0.4) is 0 Å². The van der Waals surface area contributed by atoms with Crippen molar-refractivity contribution in [2.24, 2.45) is 0 Å². The zero-order valence-electron chi connectivity index (χ0n) is 21.2. The molecule has 5 rings (SSSR count). The van der Waals surface area contributed by atoms with Crippen LogP contribution in [-0.4, -0.2) is 36.0 Å². The first kappa shape index (κ1) is 24.5. The first-order valence-corrected chi connectivity index (χ1v) is 12.5.